The van der Waals surface area contributed by atoms with Gasteiger partial charge in [-0.15, -0.1) is 0 Å². The van der Waals surface area contributed by atoms with Gasteiger partial charge in [-0.25, -0.2) is 0 Å². The predicted octanol–water partition coefficient (Wildman–Crippen LogP) is 5.07. The number of hydrogen-bond donors (Lipinski definition) is 2. The molecule has 0 saturated carbocycles. The Bertz CT molecular complexity index is 627. The maximum Gasteiger partial charge on any atom is 0.243 e. The van der Waals surface area contributed by atoms with Crippen molar-refractivity contribution in [2.75, 3.05) is 0 Å². The van der Waals surface area contributed by atoms with Crippen LogP contribution >= 0.6 is 0 Å². The average molecular weight is 387 g/mol. The van der Waals surface area contributed by atoms with E-state index in [1.807, 2.05) is 19.9 Å². The van der Waals surface area contributed by atoms with Gasteiger partial charge in [-0.2, -0.15) is 0 Å². The van der Waals surface area contributed by atoms with Crippen LogP contribution in [0.4, 0.5) is 0 Å². The summed E-state index contributed by atoms with van der Waals surface area (Å²) in [5.74, 6) is -0.00581. The minimum Gasteiger partial charge on any atom is -0.347 e. The molecule has 0 radical (unpaired) electrons. The fraction of sp³-hybridized carbons (Fsp3) is 0.667. The van der Waals surface area contributed by atoms with Crippen LogP contribution in [-0.2, 0) is 16.0 Å². The van der Waals surface area contributed by atoms with Gasteiger partial charge < -0.3 is 10.6 Å². The summed E-state index contributed by atoms with van der Waals surface area (Å²) < 4.78 is 0. The Morgan fingerprint density at radius 3 is 2.54 bits per heavy atom. The van der Waals surface area contributed by atoms with Gasteiger partial charge in [-0.1, -0.05) is 77.1 Å². The van der Waals surface area contributed by atoms with Crippen molar-refractivity contribution in [2.45, 2.75) is 97.1 Å². The number of unbranched alkanes of at least 4 members (excludes halogenated alkanes) is 5. The van der Waals surface area contributed by atoms with Crippen LogP contribution in [0.2, 0.25) is 0 Å². The van der Waals surface area contributed by atoms with Gasteiger partial charge in [-0.3, -0.25) is 9.59 Å². The third kappa shape index (κ3) is 6.96. The minimum absolute atomic E-state index is 0.00612. The van der Waals surface area contributed by atoms with Gasteiger partial charge >= 0.3 is 0 Å². The quantitative estimate of drug-likeness (QED) is 0.522. The van der Waals surface area contributed by atoms with E-state index in [2.05, 4.69) is 35.8 Å². The summed E-state index contributed by atoms with van der Waals surface area (Å²) in [4.78, 5) is 25.3. The van der Waals surface area contributed by atoms with E-state index in [0.717, 1.165) is 32.1 Å². The van der Waals surface area contributed by atoms with Crippen LogP contribution in [0.25, 0.3) is 0 Å². The fourth-order valence-electron chi connectivity index (χ4n) is 4.01. The molecule has 0 heterocycles. The van der Waals surface area contributed by atoms with Gasteiger partial charge in [0, 0.05) is 6.42 Å². The van der Waals surface area contributed by atoms with E-state index in [4.69, 9.17) is 0 Å². The lowest BCUT2D eigenvalue weighted by molar-refractivity contribution is -0.130. The topological polar surface area (TPSA) is 58.2 Å². The number of amides is 2. The Kier molecular flexibility index (Phi) is 9.52. The van der Waals surface area contributed by atoms with Crippen LogP contribution in [0, 0.1) is 5.92 Å². The number of fused-ring (bicyclic) bond motifs is 1. The second kappa shape index (κ2) is 11.9. The molecule has 2 atom stereocenters. The smallest absolute Gasteiger partial charge is 0.243 e. The fourth-order valence-corrected chi connectivity index (χ4v) is 4.01. The number of carbonyl (C=O) groups is 2. The van der Waals surface area contributed by atoms with Crippen molar-refractivity contribution in [3.05, 3.63) is 35.4 Å². The molecule has 0 fully saturated rings. The lowest BCUT2D eigenvalue weighted by Gasteiger charge is -2.29. The molecular formula is C24H38N2O2. The third-order valence-corrected chi connectivity index (χ3v) is 5.71. The molecule has 28 heavy (non-hydrogen) atoms. The highest BCUT2D eigenvalue weighted by Gasteiger charge is 2.28. The van der Waals surface area contributed by atoms with E-state index < -0.39 is 6.04 Å². The molecule has 2 N–H and O–H groups in total. The van der Waals surface area contributed by atoms with E-state index in [1.165, 1.54) is 36.8 Å². The highest BCUT2D eigenvalue weighted by Crippen LogP contribution is 2.29. The highest BCUT2D eigenvalue weighted by molar-refractivity contribution is 5.88. The Morgan fingerprint density at radius 1 is 1.07 bits per heavy atom. The molecule has 1 aromatic rings. The summed E-state index contributed by atoms with van der Waals surface area (Å²) >= 11 is 0. The summed E-state index contributed by atoms with van der Waals surface area (Å²) in [5.41, 5.74) is 2.55. The second-order valence-corrected chi connectivity index (χ2v) is 8.46. The molecule has 0 spiro atoms. The number of carbonyl (C=O) groups excluding carboxylic acids is 2. The zero-order valence-corrected chi connectivity index (χ0v) is 17.9. The SMILES string of the molecule is CCCCCCCCC(=O)NC(C(=O)NC1CCCc2ccccc21)C(C)C. The lowest BCUT2D eigenvalue weighted by Crippen LogP contribution is -2.50. The van der Waals surface area contributed by atoms with Crippen molar-refractivity contribution < 1.29 is 9.59 Å². The maximum absolute atomic E-state index is 12.9. The Labute approximate surface area is 170 Å². The van der Waals surface area contributed by atoms with Gasteiger partial charge in [0.15, 0.2) is 0 Å². The van der Waals surface area contributed by atoms with Crippen molar-refractivity contribution >= 4 is 11.8 Å². The van der Waals surface area contributed by atoms with Crippen molar-refractivity contribution in [1.29, 1.82) is 0 Å². The molecule has 4 heteroatoms. The summed E-state index contributed by atoms with van der Waals surface area (Å²) in [5, 5.41) is 6.18. The van der Waals surface area contributed by atoms with Crippen LogP contribution in [0.1, 0.15) is 95.7 Å². The molecule has 0 aliphatic heterocycles. The first-order valence-electron chi connectivity index (χ1n) is 11.2. The first-order chi connectivity index (χ1) is 13.5. The maximum atomic E-state index is 12.9. The number of aryl methyl sites for hydroxylation is 1. The molecule has 0 aromatic heterocycles. The molecule has 2 unspecified atom stereocenters. The standard InChI is InChI=1S/C24H38N2O2/c1-4-5-6-7-8-9-17-22(27)26-23(18(2)3)24(28)25-21-16-12-14-19-13-10-11-15-20(19)21/h10-11,13,15,18,21,23H,4-9,12,14,16-17H2,1-3H3,(H,25,28)(H,26,27). The zero-order valence-electron chi connectivity index (χ0n) is 17.9. The number of rotatable bonds is 11. The van der Waals surface area contributed by atoms with Crippen molar-refractivity contribution in [3.63, 3.8) is 0 Å². The van der Waals surface area contributed by atoms with E-state index in [-0.39, 0.29) is 23.8 Å². The molecule has 156 valence electrons. The number of nitrogens with one attached hydrogen (secondary N) is 2. The largest absolute Gasteiger partial charge is 0.347 e. The van der Waals surface area contributed by atoms with Gasteiger partial charge in [0.25, 0.3) is 0 Å². The van der Waals surface area contributed by atoms with Gasteiger partial charge in [-0.05, 0) is 42.7 Å². The van der Waals surface area contributed by atoms with Crippen LogP contribution < -0.4 is 10.6 Å². The summed E-state index contributed by atoms with van der Waals surface area (Å²) in [6, 6.07) is 7.93. The molecule has 1 aliphatic rings. The molecule has 0 saturated heterocycles. The Balaban J connectivity index is 1.84. The first kappa shape index (κ1) is 22.4. The number of hydrogen-bond acceptors (Lipinski definition) is 2. The van der Waals surface area contributed by atoms with Gasteiger partial charge in [0.2, 0.25) is 11.8 Å². The number of benzene rings is 1. The summed E-state index contributed by atoms with van der Waals surface area (Å²) in [6.07, 6.45) is 10.6. The summed E-state index contributed by atoms with van der Waals surface area (Å²) in [6.45, 7) is 6.19. The lowest BCUT2D eigenvalue weighted by atomic mass is 9.87. The molecule has 2 rings (SSSR count). The molecule has 1 aromatic carbocycles. The normalized spacial score (nSPS) is 17.1. The van der Waals surface area contributed by atoms with E-state index in [0.29, 0.717) is 6.42 Å². The third-order valence-electron chi connectivity index (χ3n) is 5.71. The molecule has 0 bridgehead atoms. The zero-order chi connectivity index (χ0) is 20.4. The second-order valence-electron chi connectivity index (χ2n) is 8.46. The Hall–Kier alpha value is -1.84. The van der Waals surface area contributed by atoms with E-state index in [1.54, 1.807) is 0 Å². The first-order valence-corrected chi connectivity index (χ1v) is 11.2. The van der Waals surface area contributed by atoms with Crippen molar-refractivity contribution in [3.8, 4) is 0 Å². The van der Waals surface area contributed by atoms with Crippen molar-refractivity contribution in [2.24, 2.45) is 5.92 Å². The van der Waals surface area contributed by atoms with Crippen LogP contribution in [0.3, 0.4) is 0 Å². The minimum atomic E-state index is -0.471. The van der Waals surface area contributed by atoms with Crippen LogP contribution in [0.5, 0.6) is 0 Å². The average Bonchev–Trinajstić information content (AvgIpc) is 2.68. The van der Waals surface area contributed by atoms with Crippen LogP contribution in [0.15, 0.2) is 24.3 Å². The molecule has 1 aliphatic carbocycles. The van der Waals surface area contributed by atoms with Crippen molar-refractivity contribution in [1.82, 2.24) is 10.6 Å². The monoisotopic (exact) mass is 386 g/mol. The highest BCUT2D eigenvalue weighted by atomic mass is 16.2. The van der Waals surface area contributed by atoms with E-state index >= 15 is 0 Å². The Morgan fingerprint density at radius 2 is 1.79 bits per heavy atom. The molecular weight excluding hydrogens is 348 g/mol. The molecule has 2 amide bonds. The molecule has 4 nitrogen and oxygen atoms in total. The van der Waals surface area contributed by atoms with Gasteiger partial charge in [0.1, 0.15) is 6.04 Å². The predicted molar refractivity (Wildman–Crippen MR) is 115 cm³/mol. The van der Waals surface area contributed by atoms with Crippen LogP contribution in [-0.4, -0.2) is 17.9 Å². The summed E-state index contributed by atoms with van der Waals surface area (Å²) in [7, 11) is 0. The van der Waals surface area contributed by atoms with E-state index in [9.17, 15) is 9.59 Å². The van der Waals surface area contributed by atoms with Gasteiger partial charge in [0.05, 0.1) is 6.04 Å².